The highest BCUT2D eigenvalue weighted by Crippen LogP contribution is 2.53. The molecule has 2 aromatic rings. The van der Waals surface area contributed by atoms with E-state index >= 15 is 0 Å². The molecule has 2 amide bonds. The number of urea groups is 1. The number of guanidine groups is 1. The van der Waals surface area contributed by atoms with E-state index in [2.05, 4.69) is 4.90 Å². The highest BCUT2D eigenvalue weighted by molar-refractivity contribution is 6.36. The molecule has 2 saturated carbocycles. The topological polar surface area (TPSA) is 39.2 Å². The molecule has 0 N–H and O–H groups in total. The fraction of sp³-hybridized carbons (Fsp3) is 0.364. The van der Waals surface area contributed by atoms with E-state index in [0.29, 0.717) is 39.1 Å². The molecule has 5 nitrogen and oxygen atoms in total. The number of hydrogen-bond donors (Lipinski definition) is 0. The van der Waals surface area contributed by atoms with Gasteiger partial charge in [0.15, 0.2) is 0 Å². The van der Waals surface area contributed by atoms with Crippen LogP contribution in [0.2, 0.25) is 20.1 Å². The van der Waals surface area contributed by atoms with Crippen molar-refractivity contribution in [2.24, 2.45) is 4.99 Å². The molecule has 2 aliphatic carbocycles. The van der Waals surface area contributed by atoms with E-state index in [4.69, 9.17) is 51.4 Å². The van der Waals surface area contributed by atoms with Gasteiger partial charge in [0.1, 0.15) is 0 Å². The van der Waals surface area contributed by atoms with Crippen LogP contribution >= 0.6 is 46.4 Å². The van der Waals surface area contributed by atoms with Gasteiger partial charge in [-0.2, -0.15) is 0 Å². The van der Waals surface area contributed by atoms with Crippen LogP contribution in [0.5, 0.6) is 0 Å². The number of aliphatic imine (C=N–C) groups is 1. The number of benzene rings is 2. The lowest BCUT2D eigenvalue weighted by Gasteiger charge is -2.31. The summed E-state index contributed by atoms with van der Waals surface area (Å²) in [5.41, 5.74) is 1.25. The van der Waals surface area contributed by atoms with Gasteiger partial charge in [-0.1, -0.05) is 46.4 Å². The summed E-state index contributed by atoms with van der Waals surface area (Å²) in [6.45, 7) is 1.24. The molecule has 0 radical (unpaired) electrons. The second-order valence-corrected chi connectivity index (χ2v) is 10.6. The van der Waals surface area contributed by atoms with Crippen molar-refractivity contribution in [1.82, 2.24) is 4.90 Å². The first-order chi connectivity index (χ1) is 14.8. The summed E-state index contributed by atoms with van der Waals surface area (Å²) in [5, 5.41) is 2.14. The lowest BCUT2D eigenvalue weighted by molar-refractivity contribution is 0.237. The number of carbonyl (C=O) groups is 1. The number of anilines is 2. The van der Waals surface area contributed by atoms with E-state index in [1.165, 1.54) is 0 Å². The average Bonchev–Trinajstić information content (AvgIpc) is 3.55. The maximum atomic E-state index is 13.7. The molecule has 2 aromatic carbocycles. The average molecular weight is 496 g/mol. The largest absolute Gasteiger partial charge is 0.331 e. The van der Waals surface area contributed by atoms with Gasteiger partial charge in [0.25, 0.3) is 0 Å². The normalized spacial score (nSPS) is 22.6. The maximum Gasteiger partial charge on any atom is 0.331 e. The van der Waals surface area contributed by atoms with E-state index in [1.54, 1.807) is 29.2 Å². The molecule has 160 valence electrons. The zero-order valence-corrected chi connectivity index (χ0v) is 19.4. The maximum absolute atomic E-state index is 13.7. The Morgan fingerprint density at radius 1 is 0.710 bits per heavy atom. The Hall–Kier alpha value is -1.66. The first-order valence-electron chi connectivity index (χ1n) is 10.2. The van der Waals surface area contributed by atoms with Crippen molar-refractivity contribution < 1.29 is 4.79 Å². The number of amides is 2. The van der Waals surface area contributed by atoms with Crippen LogP contribution in [-0.2, 0) is 0 Å². The molecule has 0 bridgehead atoms. The van der Waals surface area contributed by atoms with Crippen molar-refractivity contribution in [3.05, 3.63) is 56.5 Å². The molecule has 2 aliphatic heterocycles. The van der Waals surface area contributed by atoms with Gasteiger partial charge in [0.05, 0.1) is 24.2 Å². The fourth-order valence-corrected chi connectivity index (χ4v) is 5.88. The van der Waals surface area contributed by atoms with E-state index in [0.717, 1.165) is 37.1 Å². The van der Waals surface area contributed by atoms with Crippen LogP contribution in [0.3, 0.4) is 0 Å². The minimum Gasteiger partial charge on any atom is -0.304 e. The van der Waals surface area contributed by atoms with Crippen LogP contribution in [0.4, 0.5) is 16.2 Å². The molecule has 31 heavy (non-hydrogen) atoms. The van der Waals surface area contributed by atoms with Crippen LogP contribution in [0.15, 0.2) is 41.4 Å². The Balaban J connectivity index is 1.39. The summed E-state index contributed by atoms with van der Waals surface area (Å²) < 4.78 is 0. The summed E-state index contributed by atoms with van der Waals surface area (Å²) in [7, 11) is 0. The molecular weight excluding hydrogens is 478 g/mol. The lowest BCUT2D eigenvalue weighted by atomic mass is 10.2. The van der Waals surface area contributed by atoms with E-state index in [-0.39, 0.29) is 17.1 Å². The Morgan fingerprint density at radius 2 is 1.19 bits per heavy atom. The monoisotopic (exact) mass is 494 g/mol. The van der Waals surface area contributed by atoms with Crippen molar-refractivity contribution >= 4 is 69.8 Å². The zero-order valence-electron chi connectivity index (χ0n) is 16.4. The minimum atomic E-state index is -0.245. The van der Waals surface area contributed by atoms with Gasteiger partial charge in [0, 0.05) is 31.5 Å². The minimum absolute atomic E-state index is 0.0902. The third-order valence-corrected chi connectivity index (χ3v) is 7.52. The number of rotatable bonds is 2. The van der Waals surface area contributed by atoms with Crippen molar-refractivity contribution in [3.8, 4) is 0 Å². The molecule has 0 atom stereocenters. The fourth-order valence-electron chi connectivity index (χ4n) is 4.85. The van der Waals surface area contributed by atoms with Gasteiger partial charge < -0.3 is 4.90 Å². The number of hydrogen-bond acceptors (Lipinski definition) is 3. The summed E-state index contributed by atoms with van der Waals surface area (Å²) in [4.78, 5) is 24.4. The molecule has 2 spiro atoms. The molecular formula is C22H18Cl4N4O. The highest BCUT2D eigenvalue weighted by Gasteiger charge is 2.62. The summed E-state index contributed by atoms with van der Waals surface area (Å²) in [6, 6.07) is 10.6. The van der Waals surface area contributed by atoms with Gasteiger partial charge in [-0.3, -0.25) is 9.80 Å². The standard InChI is InChI=1S/C22H18Cl4N4O/c23-13-5-14(24)8-17(7-13)29-19(27-11-21(29)1-2-21)28-12-22(3-4-22)30(20(28)31)18-9-15(25)6-16(26)10-18/h5-10H,1-4,11-12H2. The Kier molecular flexibility index (Phi) is 4.30. The molecule has 4 aliphatic rings. The van der Waals surface area contributed by atoms with Crippen molar-refractivity contribution in [2.45, 2.75) is 36.8 Å². The van der Waals surface area contributed by atoms with Gasteiger partial charge in [0.2, 0.25) is 5.96 Å². The number of halogens is 4. The summed E-state index contributed by atoms with van der Waals surface area (Å²) in [6.07, 6.45) is 3.90. The van der Waals surface area contributed by atoms with Crippen LogP contribution in [-0.4, -0.2) is 41.1 Å². The third kappa shape index (κ3) is 3.12. The van der Waals surface area contributed by atoms with Gasteiger partial charge >= 0.3 is 6.03 Å². The molecule has 3 fully saturated rings. The van der Waals surface area contributed by atoms with E-state index < -0.39 is 0 Å². The summed E-state index contributed by atoms with van der Waals surface area (Å²) in [5.74, 6) is 0.669. The van der Waals surface area contributed by atoms with Gasteiger partial charge in [-0.15, -0.1) is 0 Å². The molecule has 6 rings (SSSR count). The second-order valence-electron chi connectivity index (χ2n) is 8.86. The molecule has 1 saturated heterocycles. The first kappa shape index (κ1) is 20.0. The summed E-state index contributed by atoms with van der Waals surface area (Å²) >= 11 is 25.1. The SMILES string of the molecule is O=C1N(C2=NCC3(CC3)N2c2cc(Cl)cc(Cl)c2)CC2(CC2)N1c1cc(Cl)cc(Cl)c1. The highest BCUT2D eigenvalue weighted by atomic mass is 35.5. The molecule has 2 heterocycles. The van der Waals surface area contributed by atoms with Crippen molar-refractivity contribution in [2.75, 3.05) is 22.9 Å². The van der Waals surface area contributed by atoms with Crippen molar-refractivity contribution in [3.63, 3.8) is 0 Å². The zero-order chi connectivity index (χ0) is 21.5. The predicted octanol–water partition coefficient (Wildman–Crippen LogP) is 6.48. The first-order valence-corrected chi connectivity index (χ1v) is 11.7. The Bertz CT molecular complexity index is 1120. The van der Waals surface area contributed by atoms with Gasteiger partial charge in [-0.05, 0) is 62.1 Å². The number of nitrogens with zero attached hydrogens (tertiary/aromatic N) is 4. The quantitative estimate of drug-likeness (QED) is 0.478. The predicted molar refractivity (Wildman–Crippen MR) is 126 cm³/mol. The molecule has 9 heteroatoms. The number of carbonyl (C=O) groups excluding carboxylic acids is 1. The van der Waals surface area contributed by atoms with Crippen LogP contribution in [0, 0.1) is 0 Å². The van der Waals surface area contributed by atoms with Gasteiger partial charge in [-0.25, -0.2) is 9.79 Å². The van der Waals surface area contributed by atoms with Crippen LogP contribution in [0.25, 0.3) is 0 Å². The lowest BCUT2D eigenvalue weighted by Crippen LogP contribution is -2.48. The Labute approximate surface area is 200 Å². The Morgan fingerprint density at radius 3 is 1.68 bits per heavy atom. The third-order valence-electron chi connectivity index (χ3n) is 6.64. The molecule has 0 aromatic heterocycles. The smallest absolute Gasteiger partial charge is 0.304 e. The second kappa shape index (κ2) is 6.67. The van der Waals surface area contributed by atoms with Crippen LogP contribution < -0.4 is 9.80 Å². The van der Waals surface area contributed by atoms with Crippen LogP contribution in [0.1, 0.15) is 25.7 Å². The molecule has 0 unspecified atom stereocenters. The van der Waals surface area contributed by atoms with E-state index in [9.17, 15) is 4.79 Å². The van der Waals surface area contributed by atoms with E-state index in [1.807, 2.05) is 17.0 Å². The van der Waals surface area contributed by atoms with Crippen molar-refractivity contribution in [1.29, 1.82) is 0 Å².